The van der Waals surface area contributed by atoms with Crippen molar-refractivity contribution >= 4 is 5.91 Å². The molecule has 0 aromatic heterocycles. The monoisotopic (exact) mass is 256 g/mol. The molecule has 1 heterocycles. The number of hydrogen-bond acceptors (Lipinski definition) is 3. The highest BCUT2D eigenvalue weighted by Crippen LogP contribution is 2.20. The lowest BCUT2D eigenvalue weighted by Crippen LogP contribution is -2.45. The fraction of sp³-hybridized carbons (Fsp3) is 0.929. The van der Waals surface area contributed by atoms with Gasteiger partial charge < -0.3 is 15.4 Å². The highest BCUT2D eigenvalue weighted by Gasteiger charge is 2.26. The first-order chi connectivity index (χ1) is 8.44. The molecule has 0 spiro atoms. The fourth-order valence-corrected chi connectivity index (χ4v) is 2.29. The van der Waals surface area contributed by atoms with E-state index in [9.17, 15) is 4.79 Å². The van der Waals surface area contributed by atoms with Crippen molar-refractivity contribution in [3.05, 3.63) is 0 Å². The molecular formula is C14H28N2O2. The maximum Gasteiger partial charge on any atom is 0.224 e. The summed E-state index contributed by atoms with van der Waals surface area (Å²) in [5.41, 5.74) is 0.0966. The molecule has 0 aliphatic carbocycles. The van der Waals surface area contributed by atoms with Crippen molar-refractivity contribution in [3.8, 4) is 0 Å². The Morgan fingerprint density at radius 3 is 2.78 bits per heavy atom. The summed E-state index contributed by atoms with van der Waals surface area (Å²) < 4.78 is 5.09. The molecule has 18 heavy (non-hydrogen) atoms. The first-order valence-corrected chi connectivity index (χ1v) is 6.92. The highest BCUT2D eigenvalue weighted by atomic mass is 16.5. The van der Waals surface area contributed by atoms with Crippen LogP contribution in [-0.2, 0) is 9.53 Å². The smallest absolute Gasteiger partial charge is 0.224 e. The van der Waals surface area contributed by atoms with E-state index in [1.165, 1.54) is 0 Å². The molecule has 4 heteroatoms. The summed E-state index contributed by atoms with van der Waals surface area (Å²) >= 11 is 0. The zero-order chi connectivity index (χ0) is 13.6. The minimum absolute atomic E-state index is 0.0966. The highest BCUT2D eigenvalue weighted by molar-refractivity contribution is 5.79. The Hall–Kier alpha value is -0.610. The number of amides is 1. The number of hydrogen-bond donors (Lipinski definition) is 2. The summed E-state index contributed by atoms with van der Waals surface area (Å²) in [5.74, 6) is 0.919. The Morgan fingerprint density at radius 1 is 1.44 bits per heavy atom. The van der Waals surface area contributed by atoms with Crippen molar-refractivity contribution in [2.24, 2.45) is 17.3 Å². The van der Waals surface area contributed by atoms with Crippen LogP contribution in [0.2, 0.25) is 0 Å². The molecule has 1 fully saturated rings. The van der Waals surface area contributed by atoms with Gasteiger partial charge in [-0.25, -0.2) is 0 Å². The molecule has 1 rings (SSSR count). The fourth-order valence-electron chi connectivity index (χ4n) is 2.29. The predicted molar refractivity (Wildman–Crippen MR) is 73.4 cm³/mol. The third kappa shape index (κ3) is 5.36. The van der Waals surface area contributed by atoms with Gasteiger partial charge in [0.05, 0.1) is 5.92 Å². The first kappa shape index (κ1) is 15.4. The number of carbonyl (C=O) groups is 1. The second-order valence-corrected chi connectivity index (χ2v) is 6.32. The molecule has 1 aliphatic heterocycles. The lowest BCUT2D eigenvalue weighted by Gasteiger charge is -2.29. The van der Waals surface area contributed by atoms with Gasteiger partial charge in [-0.15, -0.1) is 0 Å². The molecule has 2 N–H and O–H groups in total. The van der Waals surface area contributed by atoms with Crippen molar-refractivity contribution in [1.82, 2.24) is 10.6 Å². The Balaban J connectivity index is 2.31. The van der Waals surface area contributed by atoms with Crippen molar-refractivity contribution < 1.29 is 9.53 Å². The van der Waals surface area contributed by atoms with Gasteiger partial charge in [0.15, 0.2) is 0 Å². The standard InChI is InChI=1S/C14H28N2O2/c1-11-7-12(9-15-8-11)13(17)16-10-14(2,3)5-6-18-4/h11-12,15H,5-10H2,1-4H3,(H,16,17). The van der Waals surface area contributed by atoms with Gasteiger partial charge in [-0.1, -0.05) is 20.8 Å². The molecule has 0 bridgehead atoms. The van der Waals surface area contributed by atoms with Gasteiger partial charge in [-0.2, -0.15) is 0 Å². The SMILES string of the molecule is COCCC(C)(C)CNC(=O)C1CNCC(C)C1. The second kappa shape index (κ2) is 7.10. The van der Waals surface area contributed by atoms with Gasteiger partial charge in [0, 0.05) is 26.8 Å². The van der Waals surface area contributed by atoms with Gasteiger partial charge in [-0.3, -0.25) is 4.79 Å². The third-order valence-corrected chi connectivity index (χ3v) is 3.67. The van der Waals surface area contributed by atoms with Crippen LogP contribution in [0.15, 0.2) is 0 Å². The van der Waals surface area contributed by atoms with Crippen LogP contribution in [0.3, 0.4) is 0 Å². The van der Waals surface area contributed by atoms with E-state index >= 15 is 0 Å². The minimum Gasteiger partial charge on any atom is -0.385 e. The largest absolute Gasteiger partial charge is 0.385 e. The quantitative estimate of drug-likeness (QED) is 0.755. The third-order valence-electron chi connectivity index (χ3n) is 3.67. The molecule has 0 radical (unpaired) electrons. The van der Waals surface area contributed by atoms with Gasteiger partial charge in [-0.05, 0) is 30.7 Å². The maximum absolute atomic E-state index is 12.1. The van der Waals surface area contributed by atoms with E-state index < -0.39 is 0 Å². The molecule has 2 atom stereocenters. The molecule has 4 nitrogen and oxygen atoms in total. The Kier molecular flexibility index (Phi) is 6.09. The summed E-state index contributed by atoms with van der Waals surface area (Å²) in [6.45, 7) is 9.82. The van der Waals surface area contributed by atoms with Crippen LogP contribution in [0.1, 0.15) is 33.6 Å². The molecule has 0 saturated carbocycles. The topological polar surface area (TPSA) is 50.4 Å². The molecule has 106 valence electrons. The molecule has 1 saturated heterocycles. The molecule has 0 aromatic carbocycles. The van der Waals surface area contributed by atoms with Crippen LogP contribution in [0.5, 0.6) is 0 Å². The van der Waals surface area contributed by atoms with Crippen molar-refractivity contribution in [2.45, 2.75) is 33.6 Å². The minimum atomic E-state index is 0.0966. The Morgan fingerprint density at radius 2 is 2.17 bits per heavy atom. The number of piperidine rings is 1. The summed E-state index contributed by atoms with van der Waals surface area (Å²) in [6, 6.07) is 0. The van der Waals surface area contributed by atoms with Gasteiger partial charge in [0.2, 0.25) is 5.91 Å². The Labute approximate surface area is 111 Å². The van der Waals surface area contributed by atoms with Crippen LogP contribution < -0.4 is 10.6 Å². The number of rotatable bonds is 6. The van der Waals surface area contributed by atoms with E-state index in [-0.39, 0.29) is 17.2 Å². The first-order valence-electron chi connectivity index (χ1n) is 6.92. The van der Waals surface area contributed by atoms with Crippen LogP contribution in [0, 0.1) is 17.3 Å². The lowest BCUT2D eigenvalue weighted by molar-refractivity contribution is -0.126. The summed E-state index contributed by atoms with van der Waals surface area (Å²) in [7, 11) is 1.71. The molecular weight excluding hydrogens is 228 g/mol. The van der Waals surface area contributed by atoms with Gasteiger partial charge in [0.1, 0.15) is 0 Å². The van der Waals surface area contributed by atoms with Crippen LogP contribution in [-0.4, -0.2) is 39.3 Å². The van der Waals surface area contributed by atoms with Crippen molar-refractivity contribution in [2.75, 3.05) is 33.4 Å². The second-order valence-electron chi connectivity index (χ2n) is 6.32. The van der Waals surface area contributed by atoms with Crippen LogP contribution >= 0.6 is 0 Å². The molecule has 0 aromatic rings. The zero-order valence-electron chi connectivity index (χ0n) is 12.2. The average Bonchev–Trinajstić information content (AvgIpc) is 2.34. The van der Waals surface area contributed by atoms with E-state index in [1.54, 1.807) is 7.11 Å². The van der Waals surface area contributed by atoms with E-state index in [4.69, 9.17) is 4.74 Å². The van der Waals surface area contributed by atoms with E-state index in [1.807, 2.05) is 0 Å². The summed E-state index contributed by atoms with van der Waals surface area (Å²) in [6.07, 6.45) is 1.96. The molecule has 1 amide bonds. The summed E-state index contributed by atoms with van der Waals surface area (Å²) in [4.78, 5) is 12.1. The number of ether oxygens (including phenoxy) is 1. The molecule has 2 unspecified atom stereocenters. The van der Waals surface area contributed by atoms with E-state index in [0.717, 1.165) is 39.1 Å². The van der Waals surface area contributed by atoms with Crippen molar-refractivity contribution in [1.29, 1.82) is 0 Å². The van der Waals surface area contributed by atoms with Crippen LogP contribution in [0.25, 0.3) is 0 Å². The van der Waals surface area contributed by atoms with E-state index in [2.05, 4.69) is 31.4 Å². The maximum atomic E-state index is 12.1. The Bertz CT molecular complexity index is 267. The number of nitrogens with one attached hydrogen (secondary N) is 2. The van der Waals surface area contributed by atoms with Crippen molar-refractivity contribution in [3.63, 3.8) is 0 Å². The van der Waals surface area contributed by atoms with E-state index in [0.29, 0.717) is 5.92 Å². The lowest BCUT2D eigenvalue weighted by atomic mass is 9.88. The van der Waals surface area contributed by atoms with Gasteiger partial charge >= 0.3 is 0 Å². The van der Waals surface area contributed by atoms with Crippen LogP contribution in [0.4, 0.5) is 0 Å². The number of carbonyl (C=O) groups excluding carboxylic acids is 1. The molecule has 1 aliphatic rings. The summed E-state index contributed by atoms with van der Waals surface area (Å²) in [5, 5.41) is 6.40. The average molecular weight is 256 g/mol. The zero-order valence-corrected chi connectivity index (χ0v) is 12.2. The normalized spacial score (nSPS) is 24.9. The predicted octanol–water partition coefficient (Wildman–Crippen LogP) is 1.41. The number of methoxy groups -OCH3 is 1. The van der Waals surface area contributed by atoms with Gasteiger partial charge in [0.25, 0.3) is 0 Å².